The zero-order chi connectivity index (χ0) is 21.6. The third-order valence-electron chi connectivity index (χ3n) is 4.60. The number of hydrogen-bond acceptors (Lipinski definition) is 8. The quantitative estimate of drug-likeness (QED) is 0.190. The molecule has 0 spiro atoms. The second-order valence-electron chi connectivity index (χ2n) is 6.96. The molecule has 0 aromatic rings. The van der Waals surface area contributed by atoms with Gasteiger partial charge in [-0.25, -0.2) is 4.57 Å². The van der Waals surface area contributed by atoms with E-state index in [1.807, 2.05) is 6.92 Å². The standard InChI is InChI=1S/C15H27N4O9P/c1-8-4-10(12(26-8)7-25-29(21,22)23)28-13(18-19-16)6-17-15(20)14-11(24-3)5-9(2)27-14/h8-14H,4-7H2,1-3H3,(H,17,20)(H2,21,22,23). The summed E-state index contributed by atoms with van der Waals surface area (Å²) >= 11 is 0. The van der Waals surface area contributed by atoms with Crippen LogP contribution in [0.25, 0.3) is 10.4 Å². The van der Waals surface area contributed by atoms with Crippen LogP contribution in [-0.2, 0) is 32.8 Å². The van der Waals surface area contributed by atoms with Crippen molar-refractivity contribution < 1.29 is 42.6 Å². The highest BCUT2D eigenvalue weighted by atomic mass is 31.2. The second-order valence-corrected chi connectivity index (χ2v) is 8.20. The summed E-state index contributed by atoms with van der Waals surface area (Å²) in [5.41, 5.74) is 8.79. The van der Waals surface area contributed by atoms with Crippen LogP contribution in [0.5, 0.6) is 0 Å². The van der Waals surface area contributed by atoms with Gasteiger partial charge in [0.15, 0.2) is 12.3 Å². The maximum absolute atomic E-state index is 12.4. The molecule has 0 aromatic carbocycles. The molecule has 2 heterocycles. The van der Waals surface area contributed by atoms with E-state index in [1.54, 1.807) is 6.92 Å². The molecule has 13 nitrogen and oxygen atoms in total. The van der Waals surface area contributed by atoms with Gasteiger partial charge >= 0.3 is 7.82 Å². The number of methoxy groups -OCH3 is 1. The Morgan fingerprint density at radius 2 is 1.97 bits per heavy atom. The third kappa shape index (κ3) is 7.49. The van der Waals surface area contributed by atoms with Crippen molar-refractivity contribution in [2.45, 2.75) is 69.5 Å². The summed E-state index contributed by atoms with van der Waals surface area (Å²) in [5.74, 6) is -0.416. The number of nitrogens with zero attached hydrogens (tertiary/aromatic N) is 3. The maximum Gasteiger partial charge on any atom is 0.469 e. The van der Waals surface area contributed by atoms with Crippen LogP contribution in [0.15, 0.2) is 5.11 Å². The van der Waals surface area contributed by atoms with Crippen molar-refractivity contribution >= 4 is 13.7 Å². The zero-order valence-corrected chi connectivity index (χ0v) is 17.3. The van der Waals surface area contributed by atoms with Crippen LogP contribution in [0, 0.1) is 0 Å². The monoisotopic (exact) mass is 438 g/mol. The van der Waals surface area contributed by atoms with Crippen molar-refractivity contribution in [2.75, 3.05) is 20.3 Å². The van der Waals surface area contributed by atoms with Crippen LogP contribution in [0.2, 0.25) is 0 Å². The van der Waals surface area contributed by atoms with Gasteiger partial charge < -0.3 is 34.1 Å². The molecule has 2 rings (SSSR count). The van der Waals surface area contributed by atoms with Gasteiger partial charge in [0.1, 0.15) is 6.10 Å². The molecule has 166 valence electrons. The molecule has 2 aliphatic heterocycles. The molecule has 0 aromatic heterocycles. The van der Waals surface area contributed by atoms with Crippen LogP contribution in [-0.4, -0.2) is 78.8 Å². The predicted octanol–water partition coefficient (Wildman–Crippen LogP) is 0.603. The first-order chi connectivity index (χ1) is 13.6. The molecule has 3 N–H and O–H groups in total. The van der Waals surface area contributed by atoms with Gasteiger partial charge in [0.05, 0.1) is 31.0 Å². The van der Waals surface area contributed by atoms with Crippen molar-refractivity contribution in [2.24, 2.45) is 5.11 Å². The Morgan fingerprint density at radius 1 is 1.31 bits per heavy atom. The third-order valence-corrected chi connectivity index (χ3v) is 5.08. The molecule has 7 atom stereocenters. The van der Waals surface area contributed by atoms with Gasteiger partial charge in [-0.15, -0.1) is 0 Å². The van der Waals surface area contributed by atoms with Crippen molar-refractivity contribution in [3.63, 3.8) is 0 Å². The smallest absolute Gasteiger partial charge is 0.378 e. The Bertz CT molecular complexity index is 656. The summed E-state index contributed by atoms with van der Waals surface area (Å²) in [6, 6.07) is 0. The minimum absolute atomic E-state index is 0.119. The molecule has 0 radical (unpaired) electrons. The van der Waals surface area contributed by atoms with E-state index >= 15 is 0 Å². The van der Waals surface area contributed by atoms with Gasteiger partial charge in [-0.2, -0.15) is 0 Å². The molecular weight excluding hydrogens is 411 g/mol. The lowest BCUT2D eigenvalue weighted by molar-refractivity contribution is -0.137. The minimum atomic E-state index is -4.66. The van der Waals surface area contributed by atoms with Crippen molar-refractivity contribution in [3.8, 4) is 0 Å². The summed E-state index contributed by atoms with van der Waals surface area (Å²) in [5, 5.41) is 6.15. The van der Waals surface area contributed by atoms with Crippen molar-refractivity contribution in [1.29, 1.82) is 0 Å². The lowest BCUT2D eigenvalue weighted by Gasteiger charge is -2.24. The predicted molar refractivity (Wildman–Crippen MR) is 97.5 cm³/mol. The lowest BCUT2D eigenvalue weighted by atomic mass is 10.1. The summed E-state index contributed by atoms with van der Waals surface area (Å²) in [7, 11) is -3.16. The summed E-state index contributed by atoms with van der Waals surface area (Å²) in [6.07, 6.45) is -2.99. The van der Waals surface area contributed by atoms with Crippen molar-refractivity contribution in [1.82, 2.24) is 5.32 Å². The summed E-state index contributed by atoms with van der Waals surface area (Å²) in [4.78, 5) is 32.8. The Kier molecular flexibility index (Phi) is 8.83. The summed E-state index contributed by atoms with van der Waals surface area (Å²) in [6.45, 7) is 3.09. The number of azide groups is 1. The van der Waals surface area contributed by atoms with E-state index in [2.05, 4.69) is 19.9 Å². The van der Waals surface area contributed by atoms with Crippen LogP contribution in [0.3, 0.4) is 0 Å². The van der Waals surface area contributed by atoms with E-state index in [0.717, 1.165) is 0 Å². The number of carbonyl (C=O) groups excluding carboxylic acids is 1. The van der Waals surface area contributed by atoms with Gasteiger partial charge in [0, 0.05) is 31.4 Å². The average Bonchev–Trinajstić information content (AvgIpc) is 3.19. The highest BCUT2D eigenvalue weighted by Gasteiger charge is 2.39. The first kappa shape index (κ1) is 24.0. The molecule has 0 bridgehead atoms. The normalized spacial score (nSPS) is 33.3. The average molecular weight is 438 g/mol. The van der Waals surface area contributed by atoms with Crippen LogP contribution >= 0.6 is 7.82 Å². The number of phosphoric acid groups is 1. The highest BCUT2D eigenvalue weighted by molar-refractivity contribution is 7.46. The number of rotatable bonds is 10. The topological polar surface area (TPSA) is 182 Å². The maximum atomic E-state index is 12.4. The van der Waals surface area contributed by atoms with Crippen LogP contribution in [0.4, 0.5) is 0 Å². The molecule has 2 aliphatic rings. The number of ether oxygens (including phenoxy) is 4. The first-order valence-corrected chi connectivity index (χ1v) is 10.7. The fourth-order valence-electron chi connectivity index (χ4n) is 3.34. The van der Waals surface area contributed by atoms with Gasteiger partial charge in [-0.3, -0.25) is 9.32 Å². The Hall–Kier alpha value is -1.27. The van der Waals surface area contributed by atoms with E-state index in [1.165, 1.54) is 7.11 Å². The van der Waals surface area contributed by atoms with Gasteiger partial charge in [-0.1, -0.05) is 5.11 Å². The van der Waals surface area contributed by atoms with E-state index in [4.69, 9.17) is 34.3 Å². The van der Waals surface area contributed by atoms with E-state index < -0.39 is 44.9 Å². The van der Waals surface area contributed by atoms with E-state index in [-0.39, 0.29) is 24.9 Å². The molecular formula is C15H27N4O9P. The largest absolute Gasteiger partial charge is 0.469 e. The Morgan fingerprint density at radius 3 is 2.59 bits per heavy atom. The summed E-state index contributed by atoms with van der Waals surface area (Å²) < 4.78 is 37.5. The zero-order valence-electron chi connectivity index (χ0n) is 16.4. The van der Waals surface area contributed by atoms with Crippen LogP contribution in [0.1, 0.15) is 26.7 Å². The molecule has 0 saturated carbocycles. The fraction of sp³-hybridized carbons (Fsp3) is 0.933. The van der Waals surface area contributed by atoms with Gasteiger partial charge in [-0.05, 0) is 19.4 Å². The Labute approximate surface area is 167 Å². The van der Waals surface area contributed by atoms with Crippen LogP contribution < -0.4 is 5.32 Å². The molecule has 14 heteroatoms. The first-order valence-electron chi connectivity index (χ1n) is 9.14. The number of nitrogens with one attached hydrogen (secondary N) is 1. The molecule has 7 unspecified atom stereocenters. The van der Waals surface area contributed by atoms with E-state index in [9.17, 15) is 9.36 Å². The number of carbonyl (C=O) groups is 1. The highest BCUT2D eigenvalue weighted by Crippen LogP contribution is 2.37. The van der Waals surface area contributed by atoms with E-state index in [0.29, 0.717) is 12.8 Å². The SMILES string of the molecule is COC1CC(C)OC1C(=O)NCC(N=[N+]=[N-])OC1CC(C)OC1COP(=O)(O)O. The molecule has 2 fully saturated rings. The van der Waals surface area contributed by atoms with Gasteiger partial charge in [0.25, 0.3) is 5.91 Å². The van der Waals surface area contributed by atoms with Gasteiger partial charge in [0.2, 0.25) is 0 Å². The number of amides is 1. The second kappa shape index (κ2) is 10.7. The molecule has 0 aliphatic carbocycles. The number of hydrogen-bond donors (Lipinski definition) is 3. The fourth-order valence-corrected chi connectivity index (χ4v) is 3.68. The molecule has 29 heavy (non-hydrogen) atoms. The lowest BCUT2D eigenvalue weighted by Crippen LogP contribution is -2.44. The molecule has 1 amide bonds. The Balaban J connectivity index is 1.92. The minimum Gasteiger partial charge on any atom is -0.378 e. The number of phosphoric ester groups is 1. The van der Waals surface area contributed by atoms with Crippen molar-refractivity contribution in [3.05, 3.63) is 10.4 Å². The molecule has 2 saturated heterocycles.